The molecule has 18 heavy (non-hydrogen) atoms. The third-order valence-corrected chi connectivity index (χ3v) is 3.90. The number of hydrogen-bond donors (Lipinski definition) is 0. The summed E-state index contributed by atoms with van der Waals surface area (Å²) in [7, 11) is 0. The molecule has 2 unspecified atom stereocenters. The Balaban J connectivity index is 2.22. The fraction of sp³-hybridized carbons (Fsp3) is 0.533. The zero-order valence-electron chi connectivity index (χ0n) is 11.6. The highest BCUT2D eigenvalue weighted by atomic mass is 16.5. The lowest BCUT2D eigenvalue weighted by molar-refractivity contribution is -0.0440. The average molecular weight is 247 g/mol. The Morgan fingerprint density at radius 3 is 2.67 bits per heavy atom. The maximum absolute atomic E-state index is 12.5. The van der Waals surface area contributed by atoms with E-state index in [-0.39, 0.29) is 18.1 Å². The number of morpholine rings is 1. The van der Waals surface area contributed by atoms with E-state index >= 15 is 0 Å². The van der Waals surface area contributed by atoms with Gasteiger partial charge in [0, 0.05) is 12.1 Å². The standard InChI is InChI=1S/C15H21NO2/c1-10-5-6-14(9-11(10)2)15(17)16-7-8-18-13(4)12(16)3/h5-6,9,12-13H,7-8H2,1-4H3. The predicted molar refractivity (Wildman–Crippen MR) is 71.8 cm³/mol. The second-order valence-electron chi connectivity index (χ2n) is 5.11. The number of amides is 1. The van der Waals surface area contributed by atoms with E-state index in [1.807, 2.05) is 43.9 Å². The number of ether oxygens (including phenoxy) is 1. The number of hydrogen-bond acceptors (Lipinski definition) is 2. The van der Waals surface area contributed by atoms with Gasteiger partial charge in [0.2, 0.25) is 0 Å². The molecular weight excluding hydrogens is 226 g/mol. The molecule has 98 valence electrons. The molecule has 1 amide bonds. The first-order chi connectivity index (χ1) is 8.50. The molecule has 0 saturated carbocycles. The molecule has 3 nitrogen and oxygen atoms in total. The number of carbonyl (C=O) groups is 1. The van der Waals surface area contributed by atoms with Crippen LogP contribution in [-0.2, 0) is 4.74 Å². The summed E-state index contributed by atoms with van der Waals surface area (Å²) in [6.07, 6.45) is 0.106. The van der Waals surface area contributed by atoms with Crippen LogP contribution in [-0.4, -0.2) is 36.1 Å². The van der Waals surface area contributed by atoms with E-state index in [1.54, 1.807) is 0 Å². The molecule has 0 bridgehead atoms. The largest absolute Gasteiger partial charge is 0.375 e. The summed E-state index contributed by atoms with van der Waals surface area (Å²) in [6.45, 7) is 9.47. The average Bonchev–Trinajstić information content (AvgIpc) is 2.35. The zero-order valence-corrected chi connectivity index (χ0v) is 11.6. The van der Waals surface area contributed by atoms with Gasteiger partial charge in [-0.1, -0.05) is 6.07 Å². The van der Waals surface area contributed by atoms with Gasteiger partial charge < -0.3 is 9.64 Å². The van der Waals surface area contributed by atoms with Crippen molar-refractivity contribution in [3.8, 4) is 0 Å². The van der Waals surface area contributed by atoms with Crippen molar-refractivity contribution in [3.63, 3.8) is 0 Å². The van der Waals surface area contributed by atoms with Gasteiger partial charge in [-0.15, -0.1) is 0 Å². The molecule has 1 saturated heterocycles. The highest BCUT2D eigenvalue weighted by Crippen LogP contribution is 2.18. The van der Waals surface area contributed by atoms with Crippen LogP contribution in [0.5, 0.6) is 0 Å². The van der Waals surface area contributed by atoms with Crippen molar-refractivity contribution in [2.45, 2.75) is 39.8 Å². The van der Waals surface area contributed by atoms with Gasteiger partial charge in [0.1, 0.15) is 0 Å². The van der Waals surface area contributed by atoms with Crippen molar-refractivity contribution >= 4 is 5.91 Å². The summed E-state index contributed by atoms with van der Waals surface area (Å²) in [6, 6.07) is 6.03. The minimum Gasteiger partial charge on any atom is -0.375 e. The molecule has 1 aromatic rings. The van der Waals surface area contributed by atoms with Gasteiger partial charge in [-0.05, 0) is 51.0 Å². The summed E-state index contributed by atoms with van der Waals surface area (Å²) in [4.78, 5) is 14.4. The van der Waals surface area contributed by atoms with Crippen LogP contribution in [0, 0.1) is 13.8 Å². The fourth-order valence-corrected chi connectivity index (χ4v) is 2.26. The quantitative estimate of drug-likeness (QED) is 0.763. The molecule has 0 N–H and O–H groups in total. The maximum Gasteiger partial charge on any atom is 0.254 e. The normalized spacial score (nSPS) is 24.1. The van der Waals surface area contributed by atoms with Crippen LogP contribution in [0.1, 0.15) is 35.3 Å². The van der Waals surface area contributed by atoms with E-state index in [0.29, 0.717) is 13.2 Å². The van der Waals surface area contributed by atoms with Crippen LogP contribution in [0.3, 0.4) is 0 Å². The Hall–Kier alpha value is -1.35. The number of nitrogens with zero attached hydrogens (tertiary/aromatic N) is 1. The molecule has 1 aliphatic heterocycles. The molecule has 1 aliphatic rings. The van der Waals surface area contributed by atoms with Crippen LogP contribution in [0.15, 0.2) is 18.2 Å². The smallest absolute Gasteiger partial charge is 0.254 e. The Kier molecular flexibility index (Phi) is 3.71. The van der Waals surface area contributed by atoms with Crippen LogP contribution in [0.25, 0.3) is 0 Å². The van der Waals surface area contributed by atoms with Gasteiger partial charge in [-0.25, -0.2) is 0 Å². The highest BCUT2D eigenvalue weighted by molar-refractivity contribution is 5.94. The molecule has 0 aliphatic carbocycles. The van der Waals surface area contributed by atoms with Gasteiger partial charge in [0.15, 0.2) is 0 Å². The molecule has 1 aromatic carbocycles. The van der Waals surface area contributed by atoms with Crippen molar-refractivity contribution in [1.82, 2.24) is 4.90 Å². The third kappa shape index (κ3) is 2.41. The zero-order chi connectivity index (χ0) is 13.3. The van der Waals surface area contributed by atoms with Crippen molar-refractivity contribution in [2.24, 2.45) is 0 Å². The fourth-order valence-electron chi connectivity index (χ4n) is 2.26. The summed E-state index contributed by atoms with van der Waals surface area (Å²) < 4.78 is 5.56. The Labute approximate surface area is 109 Å². The number of aryl methyl sites for hydroxylation is 2. The van der Waals surface area contributed by atoms with Crippen LogP contribution in [0.2, 0.25) is 0 Å². The van der Waals surface area contributed by atoms with E-state index < -0.39 is 0 Å². The molecule has 2 atom stereocenters. The molecule has 3 heteroatoms. The van der Waals surface area contributed by atoms with Gasteiger partial charge in [0.05, 0.1) is 18.8 Å². The summed E-state index contributed by atoms with van der Waals surface area (Å²) >= 11 is 0. The molecular formula is C15H21NO2. The van der Waals surface area contributed by atoms with Gasteiger partial charge >= 0.3 is 0 Å². The van der Waals surface area contributed by atoms with E-state index in [9.17, 15) is 4.79 Å². The lowest BCUT2D eigenvalue weighted by Crippen LogP contribution is -2.51. The molecule has 1 heterocycles. The summed E-state index contributed by atoms with van der Waals surface area (Å²) in [5.74, 6) is 0.112. The van der Waals surface area contributed by atoms with Crippen molar-refractivity contribution in [2.75, 3.05) is 13.2 Å². The highest BCUT2D eigenvalue weighted by Gasteiger charge is 2.29. The summed E-state index contributed by atoms with van der Waals surface area (Å²) in [5, 5.41) is 0. The third-order valence-electron chi connectivity index (χ3n) is 3.90. The lowest BCUT2D eigenvalue weighted by atomic mass is 10.0. The number of benzene rings is 1. The minimum atomic E-state index is 0.106. The Morgan fingerprint density at radius 1 is 1.28 bits per heavy atom. The lowest BCUT2D eigenvalue weighted by Gasteiger charge is -2.38. The second kappa shape index (κ2) is 5.11. The van der Waals surface area contributed by atoms with Gasteiger partial charge in [-0.3, -0.25) is 4.79 Å². The number of carbonyl (C=O) groups excluding carboxylic acids is 1. The van der Waals surface area contributed by atoms with Crippen LogP contribution < -0.4 is 0 Å². The topological polar surface area (TPSA) is 29.5 Å². The van der Waals surface area contributed by atoms with Crippen molar-refractivity contribution in [1.29, 1.82) is 0 Å². The molecule has 2 rings (SSSR count). The summed E-state index contributed by atoms with van der Waals surface area (Å²) in [5.41, 5.74) is 3.16. The van der Waals surface area contributed by atoms with E-state index in [4.69, 9.17) is 4.74 Å². The van der Waals surface area contributed by atoms with Gasteiger partial charge in [-0.2, -0.15) is 0 Å². The monoisotopic (exact) mass is 247 g/mol. The predicted octanol–water partition coefficient (Wildman–Crippen LogP) is 2.55. The van der Waals surface area contributed by atoms with Gasteiger partial charge in [0.25, 0.3) is 5.91 Å². The first-order valence-corrected chi connectivity index (χ1v) is 6.50. The Morgan fingerprint density at radius 2 is 2.00 bits per heavy atom. The Bertz CT molecular complexity index is 456. The van der Waals surface area contributed by atoms with E-state index in [2.05, 4.69) is 6.92 Å². The van der Waals surface area contributed by atoms with E-state index in [0.717, 1.165) is 11.1 Å². The molecule has 0 aromatic heterocycles. The van der Waals surface area contributed by atoms with Crippen molar-refractivity contribution in [3.05, 3.63) is 34.9 Å². The van der Waals surface area contributed by atoms with Crippen LogP contribution in [0.4, 0.5) is 0 Å². The molecule has 0 spiro atoms. The second-order valence-corrected chi connectivity index (χ2v) is 5.11. The molecule has 0 radical (unpaired) electrons. The SMILES string of the molecule is Cc1ccc(C(=O)N2CCOC(C)C2C)cc1C. The first kappa shape index (κ1) is 13.1. The van der Waals surface area contributed by atoms with Crippen molar-refractivity contribution < 1.29 is 9.53 Å². The maximum atomic E-state index is 12.5. The first-order valence-electron chi connectivity index (χ1n) is 6.50. The van der Waals surface area contributed by atoms with Crippen LogP contribution >= 0.6 is 0 Å². The number of rotatable bonds is 1. The minimum absolute atomic E-state index is 0.106. The van der Waals surface area contributed by atoms with E-state index in [1.165, 1.54) is 5.56 Å². The molecule has 1 fully saturated rings.